The molecule has 20 heavy (non-hydrogen) atoms. The molecule has 2 atom stereocenters. The first kappa shape index (κ1) is 13.7. The molecule has 0 bridgehead atoms. The third-order valence-corrected chi connectivity index (χ3v) is 4.79. The van der Waals surface area contributed by atoms with E-state index in [2.05, 4.69) is 42.5 Å². The van der Waals surface area contributed by atoms with E-state index in [1.165, 1.54) is 24.0 Å². The predicted molar refractivity (Wildman–Crippen MR) is 85.0 cm³/mol. The third kappa shape index (κ3) is 2.48. The van der Waals surface area contributed by atoms with Crippen molar-refractivity contribution in [1.82, 2.24) is 0 Å². The van der Waals surface area contributed by atoms with Crippen LogP contribution in [0.4, 0.5) is 0 Å². The maximum Gasteiger partial charge on any atom is 0.0479 e. The molecule has 2 aromatic carbocycles. The van der Waals surface area contributed by atoms with Gasteiger partial charge in [0, 0.05) is 16.5 Å². The number of benzene rings is 2. The fraction of sp³-hybridized carbons (Fsp3) is 0.333. The lowest BCUT2D eigenvalue weighted by molar-refractivity contribution is 0.254. The summed E-state index contributed by atoms with van der Waals surface area (Å²) in [5.41, 5.74) is 9.15. The fourth-order valence-corrected chi connectivity index (χ4v) is 3.58. The summed E-state index contributed by atoms with van der Waals surface area (Å²) in [5, 5.41) is 0.768. The lowest BCUT2D eigenvalue weighted by Crippen LogP contribution is -2.44. The molecule has 3 rings (SSSR count). The van der Waals surface area contributed by atoms with E-state index in [1.807, 2.05) is 12.1 Å². The first-order valence-electron chi connectivity index (χ1n) is 7.30. The van der Waals surface area contributed by atoms with Crippen LogP contribution >= 0.6 is 11.6 Å². The van der Waals surface area contributed by atoms with Crippen LogP contribution in [-0.2, 0) is 5.54 Å². The molecule has 0 radical (unpaired) electrons. The molecule has 2 N–H and O–H groups in total. The van der Waals surface area contributed by atoms with Crippen LogP contribution in [-0.4, -0.2) is 0 Å². The zero-order valence-corrected chi connectivity index (χ0v) is 12.3. The van der Waals surface area contributed by atoms with E-state index >= 15 is 0 Å². The van der Waals surface area contributed by atoms with Gasteiger partial charge in [-0.05, 0) is 36.1 Å². The van der Waals surface area contributed by atoms with Crippen LogP contribution < -0.4 is 5.73 Å². The molecule has 1 aliphatic carbocycles. The van der Waals surface area contributed by atoms with Crippen LogP contribution in [0.5, 0.6) is 0 Å². The van der Waals surface area contributed by atoms with Crippen LogP contribution in [0, 0.1) is 0 Å². The van der Waals surface area contributed by atoms with Gasteiger partial charge in [0.25, 0.3) is 0 Å². The molecule has 2 unspecified atom stereocenters. The van der Waals surface area contributed by atoms with E-state index in [0.717, 1.165) is 17.9 Å². The van der Waals surface area contributed by atoms with Crippen molar-refractivity contribution in [3.8, 4) is 0 Å². The predicted octanol–water partition coefficient (Wildman–Crippen LogP) is 4.85. The molecule has 0 heterocycles. The van der Waals surface area contributed by atoms with Gasteiger partial charge < -0.3 is 5.73 Å². The van der Waals surface area contributed by atoms with Crippen LogP contribution in [0.2, 0.25) is 5.02 Å². The minimum absolute atomic E-state index is 0.274. The Morgan fingerprint density at radius 1 is 0.950 bits per heavy atom. The Morgan fingerprint density at radius 2 is 1.65 bits per heavy atom. The second-order valence-corrected chi connectivity index (χ2v) is 6.19. The quantitative estimate of drug-likeness (QED) is 0.838. The summed E-state index contributed by atoms with van der Waals surface area (Å²) in [6.45, 7) is 0. The van der Waals surface area contributed by atoms with E-state index in [1.54, 1.807) is 0 Å². The van der Waals surface area contributed by atoms with Gasteiger partial charge in [0.05, 0.1) is 0 Å². The standard InChI is InChI=1S/C18H20ClN/c19-16-11-9-15(10-12-16)18(20)13-5-4-8-17(18)14-6-2-1-3-7-14/h1-3,6-7,9-12,17H,4-5,8,13,20H2. The summed E-state index contributed by atoms with van der Waals surface area (Å²) in [5.74, 6) is 0.388. The summed E-state index contributed by atoms with van der Waals surface area (Å²) in [6.07, 6.45) is 4.64. The Balaban J connectivity index is 2.01. The highest BCUT2D eigenvalue weighted by Gasteiger charge is 2.39. The lowest BCUT2D eigenvalue weighted by Gasteiger charge is -2.42. The molecule has 0 aromatic heterocycles. The summed E-state index contributed by atoms with van der Waals surface area (Å²) in [6, 6.07) is 18.7. The second-order valence-electron chi connectivity index (χ2n) is 5.76. The Hall–Kier alpha value is -1.31. The molecule has 1 saturated carbocycles. The van der Waals surface area contributed by atoms with Gasteiger partial charge in [0.2, 0.25) is 0 Å². The van der Waals surface area contributed by atoms with Gasteiger partial charge in [-0.3, -0.25) is 0 Å². The molecular weight excluding hydrogens is 266 g/mol. The van der Waals surface area contributed by atoms with Gasteiger partial charge in [-0.25, -0.2) is 0 Å². The highest BCUT2D eigenvalue weighted by Crippen LogP contribution is 2.45. The van der Waals surface area contributed by atoms with E-state index < -0.39 is 0 Å². The van der Waals surface area contributed by atoms with Crippen molar-refractivity contribution < 1.29 is 0 Å². The largest absolute Gasteiger partial charge is 0.321 e. The SMILES string of the molecule is NC1(c2ccc(Cl)cc2)CCCCC1c1ccccc1. The van der Waals surface area contributed by atoms with Crippen LogP contribution in [0.25, 0.3) is 0 Å². The average Bonchev–Trinajstić information content (AvgIpc) is 2.49. The van der Waals surface area contributed by atoms with Crippen molar-refractivity contribution in [2.45, 2.75) is 37.1 Å². The number of hydrogen-bond donors (Lipinski definition) is 1. The normalized spacial score (nSPS) is 26.4. The van der Waals surface area contributed by atoms with Crippen molar-refractivity contribution in [2.24, 2.45) is 5.73 Å². The molecule has 0 spiro atoms. The van der Waals surface area contributed by atoms with Gasteiger partial charge in [-0.2, -0.15) is 0 Å². The summed E-state index contributed by atoms with van der Waals surface area (Å²) < 4.78 is 0. The molecule has 1 aliphatic rings. The minimum Gasteiger partial charge on any atom is -0.321 e. The lowest BCUT2D eigenvalue weighted by atomic mass is 9.67. The van der Waals surface area contributed by atoms with Crippen molar-refractivity contribution in [3.05, 3.63) is 70.7 Å². The van der Waals surface area contributed by atoms with Crippen LogP contribution in [0.3, 0.4) is 0 Å². The van der Waals surface area contributed by atoms with Gasteiger partial charge in [-0.1, -0.05) is 66.9 Å². The van der Waals surface area contributed by atoms with Gasteiger partial charge >= 0.3 is 0 Å². The zero-order valence-electron chi connectivity index (χ0n) is 11.6. The van der Waals surface area contributed by atoms with Crippen LogP contribution in [0.1, 0.15) is 42.7 Å². The Labute approximate surface area is 125 Å². The van der Waals surface area contributed by atoms with Gasteiger partial charge in [0.15, 0.2) is 0 Å². The van der Waals surface area contributed by atoms with Crippen molar-refractivity contribution in [1.29, 1.82) is 0 Å². The fourth-order valence-electron chi connectivity index (χ4n) is 3.45. The molecule has 1 fully saturated rings. The first-order valence-corrected chi connectivity index (χ1v) is 7.68. The van der Waals surface area contributed by atoms with E-state index in [-0.39, 0.29) is 5.54 Å². The van der Waals surface area contributed by atoms with Crippen molar-refractivity contribution in [2.75, 3.05) is 0 Å². The topological polar surface area (TPSA) is 26.0 Å². The average molecular weight is 286 g/mol. The van der Waals surface area contributed by atoms with E-state index in [4.69, 9.17) is 17.3 Å². The Bertz CT molecular complexity index is 564. The van der Waals surface area contributed by atoms with E-state index in [0.29, 0.717) is 5.92 Å². The maximum atomic E-state index is 6.86. The summed E-state index contributed by atoms with van der Waals surface area (Å²) >= 11 is 6.01. The molecule has 104 valence electrons. The Morgan fingerprint density at radius 3 is 2.35 bits per heavy atom. The molecular formula is C18H20ClN. The number of halogens is 1. The van der Waals surface area contributed by atoms with Gasteiger partial charge in [-0.15, -0.1) is 0 Å². The van der Waals surface area contributed by atoms with E-state index in [9.17, 15) is 0 Å². The number of hydrogen-bond acceptors (Lipinski definition) is 1. The van der Waals surface area contributed by atoms with Crippen molar-refractivity contribution in [3.63, 3.8) is 0 Å². The van der Waals surface area contributed by atoms with Crippen molar-refractivity contribution >= 4 is 11.6 Å². The summed E-state index contributed by atoms with van der Waals surface area (Å²) in [7, 11) is 0. The second kappa shape index (κ2) is 5.59. The molecule has 0 aliphatic heterocycles. The maximum absolute atomic E-state index is 6.86. The third-order valence-electron chi connectivity index (χ3n) is 4.54. The smallest absolute Gasteiger partial charge is 0.0479 e. The zero-order chi connectivity index (χ0) is 14.0. The molecule has 2 aromatic rings. The molecule has 0 amide bonds. The van der Waals surface area contributed by atoms with Gasteiger partial charge in [0.1, 0.15) is 0 Å². The number of rotatable bonds is 2. The molecule has 0 saturated heterocycles. The molecule has 1 nitrogen and oxygen atoms in total. The highest BCUT2D eigenvalue weighted by atomic mass is 35.5. The van der Waals surface area contributed by atoms with Crippen LogP contribution in [0.15, 0.2) is 54.6 Å². The Kier molecular flexibility index (Phi) is 3.82. The monoisotopic (exact) mass is 285 g/mol. The highest BCUT2D eigenvalue weighted by molar-refractivity contribution is 6.30. The number of nitrogens with two attached hydrogens (primary N) is 1. The molecule has 2 heteroatoms. The summed E-state index contributed by atoms with van der Waals surface area (Å²) in [4.78, 5) is 0. The minimum atomic E-state index is -0.274. The first-order chi connectivity index (χ1) is 9.70.